The topological polar surface area (TPSA) is 93.0 Å². The van der Waals surface area contributed by atoms with Gasteiger partial charge in [-0.15, -0.1) is 0 Å². The summed E-state index contributed by atoms with van der Waals surface area (Å²) in [4.78, 5) is 35.3. The summed E-state index contributed by atoms with van der Waals surface area (Å²) in [5, 5.41) is 6.93. The lowest BCUT2D eigenvalue weighted by atomic mass is 9.99. The second-order valence-electron chi connectivity index (χ2n) is 9.22. The zero-order valence-electron chi connectivity index (χ0n) is 20.9. The lowest BCUT2D eigenvalue weighted by molar-refractivity contribution is -0.138. The van der Waals surface area contributed by atoms with Crippen molar-refractivity contribution >= 4 is 23.1 Å². The number of anilines is 1. The minimum atomic E-state index is -4.49. The van der Waals surface area contributed by atoms with E-state index in [4.69, 9.17) is 0 Å². The zero-order valence-corrected chi connectivity index (χ0v) is 20.9. The van der Waals surface area contributed by atoms with Gasteiger partial charge in [0.25, 0.3) is 5.91 Å². The molecule has 1 N–H and O–H groups in total. The third-order valence-corrected chi connectivity index (χ3v) is 6.20. The van der Waals surface area contributed by atoms with Crippen LogP contribution in [0.4, 0.5) is 18.9 Å². The fourth-order valence-corrected chi connectivity index (χ4v) is 4.17. The van der Waals surface area contributed by atoms with E-state index in [1.165, 1.54) is 16.9 Å². The molecule has 1 aliphatic rings. The van der Waals surface area contributed by atoms with Gasteiger partial charge >= 0.3 is 6.18 Å². The number of nitrogens with zero attached hydrogens (tertiary/aromatic N) is 5. The SMILES string of the molecule is Cc1cc(NC(=O)c2cnn(-c3ccc(C(F)(F)F)cn3)c2C)cnc1C1=CCN(C(=O)C(C)C)CC1. The fourth-order valence-electron chi connectivity index (χ4n) is 4.17. The van der Waals surface area contributed by atoms with Crippen LogP contribution in [0.5, 0.6) is 0 Å². The zero-order chi connectivity index (χ0) is 26.9. The van der Waals surface area contributed by atoms with Gasteiger partial charge in [0.05, 0.1) is 40.6 Å². The number of nitrogens with one attached hydrogen (secondary N) is 1. The van der Waals surface area contributed by atoms with Gasteiger partial charge in [-0.25, -0.2) is 9.67 Å². The van der Waals surface area contributed by atoms with Gasteiger partial charge in [0.2, 0.25) is 5.91 Å². The Kier molecular flexibility index (Phi) is 7.15. The minimum absolute atomic E-state index is 0.0420. The molecule has 0 spiro atoms. The Morgan fingerprint density at radius 1 is 1.08 bits per heavy atom. The normalized spacial score (nSPS) is 14.1. The van der Waals surface area contributed by atoms with Gasteiger partial charge < -0.3 is 10.2 Å². The van der Waals surface area contributed by atoms with Gasteiger partial charge in [0.15, 0.2) is 5.82 Å². The van der Waals surface area contributed by atoms with Crippen LogP contribution in [0.2, 0.25) is 0 Å². The quantitative estimate of drug-likeness (QED) is 0.529. The molecular weight excluding hydrogens is 485 g/mol. The Labute approximate surface area is 212 Å². The molecule has 0 atom stereocenters. The molecule has 37 heavy (non-hydrogen) atoms. The van der Waals surface area contributed by atoms with Gasteiger partial charge in [-0.3, -0.25) is 14.6 Å². The lowest BCUT2D eigenvalue weighted by Gasteiger charge is -2.28. The number of alkyl halides is 3. The smallest absolute Gasteiger partial charge is 0.338 e. The highest BCUT2D eigenvalue weighted by atomic mass is 19.4. The number of carbonyl (C=O) groups is 2. The molecule has 3 aromatic heterocycles. The van der Waals surface area contributed by atoms with Gasteiger partial charge in [0.1, 0.15) is 0 Å². The molecule has 0 aliphatic carbocycles. The van der Waals surface area contributed by atoms with Gasteiger partial charge in [-0.1, -0.05) is 19.9 Å². The van der Waals surface area contributed by atoms with Crippen LogP contribution < -0.4 is 5.32 Å². The number of aryl methyl sites for hydroxylation is 1. The Balaban J connectivity index is 1.46. The van der Waals surface area contributed by atoms with Crippen molar-refractivity contribution in [3.8, 4) is 5.82 Å². The molecule has 0 saturated carbocycles. The first-order chi connectivity index (χ1) is 17.5. The monoisotopic (exact) mass is 512 g/mol. The molecule has 1 aliphatic heterocycles. The standard InChI is InChI=1S/C26H27F3N6O2/c1-15(2)25(37)34-9-7-18(8-10-34)23-16(3)11-20(13-31-23)33-24(36)21-14-32-35(17(21)4)22-6-5-19(12-30-22)26(27,28)29/h5-7,11-15H,8-10H2,1-4H3,(H,33,36). The van der Waals surface area contributed by atoms with Crippen molar-refractivity contribution in [3.63, 3.8) is 0 Å². The summed E-state index contributed by atoms with van der Waals surface area (Å²) < 4.78 is 39.7. The van der Waals surface area contributed by atoms with Gasteiger partial charge in [-0.2, -0.15) is 18.3 Å². The maximum Gasteiger partial charge on any atom is 0.417 e. The number of aromatic nitrogens is 4. The predicted molar refractivity (Wildman–Crippen MR) is 132 cm³/mol. The summed E-state index contributed by atoms with van der Waals surface area (Å²) in [5.41, 5.74) is 3.09. The predicted octanol–water partition coefficient (Wildman–Crippen LogP) is 4.82. The molecule has 0 bridgehead atoms. The van der Waals surface area contributed by atoms with E-state index in [1.54, 1.807) is 13.1 Å². The first-order valence-corrected chi connectivity index (χ1v) is 11.8. The Morgan fingerprint density at radius 3 is 2.41 bits per heavy atom. The molecule has 2 amide bonds. The second-order valence-corrected chi connectivity index (χ2v) is 9.22. The van der Waals surface area contributed by atoms with Gasteiger partial charge in [-0.05, 0) is 49.6 Å². The molecule has 0 fully saturated rings. The molecule has 0 saturated heterocycles. The summed E-state index contributed by atoms with van der Waals surface area (Å²) >= 11 is 0. The molecule has 0 unspecified atom stereocenters. The molecule has 4 heterocycles. The van der Waals surface area contributed by atoms with E-state index in [2.05, 4.69) is 20.4 Å². The average Bonchev–Trinajstić information content (AvgIpc) is 3.24. The van der Waals surface area contributed by atoms with Crippen molar-refractivity contribution in [2.45, 2.75) is 40.3 Å². The molecule has 194 valence electrons. The van der Waals surface area contributed by atoms with Crippen LogP contribution in [0.25, 0.3) is 11.4 Å². The third-order valence-electron chi connectivity index (χ3n) is 6.20. The maximum absolute atomic E-state index is 12.9. The van der Waals surface area contributed by atoms with Crippen molar-refractivity contribution < 1.29 is 22.8 Å². The summed E-state index contributed by atoms with van der Waals surface area (Å²) in [6.45, 7) is 8.50. The van der Waals surface area contributed by atoms with Crippen LogP contribution in [0.3, 0.4) is 0 Å². The summed E-state index contributed by atoms with van der Waals surface area (Å²) in [5.74, 6) is -0.171. The number of amides is 2. The minimum Gasteiger partial charge on any atom is -0.338 e. The summed E-state index contributed by atoms with van der Waals surface area (Å²) in [6.07, 6.45) is 1.88. The summed E-state index contributed by atoms with van der Waals surface area (Å²) in [7, 11) is 0. The van der Waals surface area contributed by atoms with Crippen molar-refractivity contribution in [1.29, 1.82) is 0 Å². The Morgan fingerprint density at radius 2 is 1.84 bits per heavy atom. The van der Waals surface area contributed by atoms with E-state index in [9.17, 15) is 22.8 Å². The van der Waals surface area contributed by atoms with E-state index < -0.39 is 17.6 Å². The molecule has 11 heteroatoms. The largest absolute Gasteiger partial charge is 0.417 e. The highest BCUT2D eigenvalue weighted by Gasteiger charge is 2.31. The number of pyridine rings is 2. The lowest BCUT2D eigenvalue weighted by Crippen LogP contribution is -2.37. The molecule has 0 aromatic carbocycles. The van der Waals surface area contributed by atoms with Crippen LogP contribution in [-0.2, 0) is 11.0 Å². The van der Waals surface area contributed by atoms with Crippen LogP contribution in [0.15, 0.2) is 42.9 Å². The number of halogens is 3. The van der Waals surface area contributed by atoms with Crippen LogP contribution >= 0.6 is 0 Å². The van der Waals surface area contributed by atoms with Crippen LogP contribution in [0.1, 0.15) is 53.1 Å². The fraction of sp³-hybridized carbons (Fsp3) is 0.346. The first kappa shape index (κ1) is 26.1. The first-order valence-electron chi connectivity index (χ1n) is 11.8. The van der Waals surface area contributed by atoms with Crippen molar-refractivity contribution in [2.75, 3.05) is 18.4 Å². The summed E-state index contributed by atoms with van der Waals surface area (Å²) in [6, 6.07) is 3.94. The third kappa shape index (κ3) is 5.55. The number of carbonyl (C=O) groups excluding carboxylic acids is 2. The molecule has 8 nitrogen and oxygen atoms in total. The number of rotatable bonds is 5. The van der Waals surface area contributed by atoms with Crippen LogP contribution in [-0.4, -0.2) is 49.6 Å². The number of hydrogen-bond donors (Lipinski definition) is 1. The van der Waals surface area contributed by atoms with Crippen molar-refractivity contribution in [1.82, 2.24) is 24.6 Å². The molecular formula is C26H27F3N6O2. The Hall–Kier alpha value is -4.02. The number of hydrogen-bond acceptors (Lipinski definition) is 5. The highest BCUT2D eigenvalue weighted by molar-refractivity contribution is 6.05. The average molecular weight is 513 g/mol. The van der Waals surface area contributed by atoms with E-state index >= 15 is 0 Å². The molecule has 4 rings (SSSR count). The highest BCUT2D eigenvalue weighted by Crippen LogP contribution is 2.29. The Bertz CT molecular complexity index is 1360. The van der Waals surface area contributed by atoms with E-state index in [-0.39, 0.29) is 23.2 Å². The van der Waals surface area contributed by atoms with Gasteiger partial charge in [0, 0.05) is 25.2 Å². The van der Waals surface area contributed by atoms with E-state index in [0.29, 0.717) is 30.9 Å². The maximum atomic E-state index is 12.9. The van der Waals surface area contributed by atoms with E-state index in [0.717, 1.165) is 29.1 Å². The molecule has 3 aromatic rings. The van der Waals surface area contributed by atoms with Crippen molar-refractivity contribution in [2.24, 2.45) is 5.92 Å². The van der Waals surface area contributed by atoms with Crippen LogP contribution in [0, 0.1) is 19.8 Å². The second kappa shape index (κ2) is 10.2. The molecule has 0 radical (unpaired) electrons. The van der Waals surface area contributed by atoms with Crippen molar-refractivity contribution in [3.05, 3.63) is 70.9 Å². The van der Waals surface area contributed by atoms with E-state index in [1.807, 2.05) is 37.8 Å².